The van der Waals surface area contributed by atoms with Gasteiger partial charge in [0.25, 0.3) is 0 Å². The van der Waals surface area contributed by atoms with Gasteiger partial charge in [-0.1, -0.05) is 42.2 Å². The Morgan fingerprint density at radius 1 is 0.833 bits per heavy atom. The third kappa shape index (κ3) is 4.25. The molecule has 0 amide bonds. The second-order valence-electron chi connectivity index (χ2n) is 3.52. The Balaban J connectivity index is 0.000000771. The monoisotopic (exact) mass is 237 g/mol. The molecule has 2 rings (SSSR count). The lowest BCUT2D eigenvalue weighted by Crippen LogP contribution is -1.95. The first-order chi connectivity index (χ1) is 8.88. The van der Waals surface area contributed by atoms with Crippen LogP contribution in [0.4, 0.5) is 0 Å². The third-order valence-electron chi connectivity index (χ3n) is 2.31. The van der Waals surface area contributed by atoms with E-state index < -0.39 is 0 Å². The van der Waals surface area contributed by atoms with Gasteiger partial charge in [-0.25, -0.2) is 0 Å². The van der Waals surface area contributed by atoms with Gasteiger partial charge >= 0.3 is 0 Å². The van der Waals surface area contributed by atoms with Crippen LogP contribution in [0.1, 0.15) is 16.7 Å². The van der Waals surface area contributed by atoms with Crippen LogP contribution in [-0.2, 0) is 11.3 Å². The number of hydrogen-bond donors (Lipinski definition) is 1. The predicted octanol–water partition coefficient (Wildman–Crippen LogP) is 2.36. The zero-order chi connectivity index (χ0) is 13.2. The van der Waals surface area contributed by atoms with E-state index in [-0.39, 0.29) is 0 Å². The van der Waals surface area contributed by atoms with E-state index >= 15 is 0 Å². The summed E-state index contributed by atoms with van der Waals surface area (Å²) in [5.41, 5.74) is 8.71. The molecule has 0 aromatic heterocycles. The molecule has 0 saturated heterocycles. The fourth-order valence-electron chi connectivity index (χ4n) is 1.39. The minimum atomic E-state index is 0.576. The van der Waals surface area contributed by atoms with Gasteiger partial charge in [-0.05, 0) is 29.8 Å². The highest BCUT2D eigenvalue weighted by molar-refractivity contribution is 5.43. The molecule has 2 aromatic carbocycles. The van der Waals surface area contributed by atoms with Crippen LogP contribution in [0.15, 0.2) is 54.6 Å². The summed E-state index contributed by atoms with van der Waals surface area (Å²) in [5.74, 6) is 6.24. The van der Waals surface area contributed by atoms with Crippen LogP contribution in [0, 0.1) is 11.8 Å². The maximum Gasteiger partial charge on any atom is 0.106 e. The van der Waals surface area contributed by atoms with E-state index in [1.54, 1.807) is 0 Å². The van der Waals surface area contributed by atoms with Crippen LogP contribution in [0.25, 0.3) is 0 Å². The van der Waals surface area contributed by atoms with Gasteiger partial charge in [0, 0.05) is 17.7 Å². The molecule has 0 saturated carbocycles. The highest BCUT2D eigenvalue weighted by atomic mass is 16.1. The van der Waals surface area contributed by atoms with E-state index in [9.17, 15) is 0 Å². The lowest BCUT2D eigenvalue weighted by molar-refractivity contribution is -0.0979. The largest absolute Gasteiger partial charge is 0.326 e. The molecule has 0 fully saturated rings. The van der Waals surface area contributed by atoms with Gasteiger partial charge < -0.3 is 10.5 Å². The second-order valence-corrected chi connectivity index (χ2v) is 3.52. The molecule has 0 spiro atoms. The van der Waals surface area contributed by atoms with Gasteiger partial charge in [0.2, 0.25) is 0 Å². The van der Waals surface area contributed by atoms with Crippen molar-refractivity contribution in [3.8, 4) is 11.8 Å². The summed E-state index contributed by atoms with van der Waals surface area (Å²) < 4.78 is 0. The molecule has 0 aliphatic rings. The minimum Gasteiger partial charge on any atom is -0.326 e. The first-order valence-corrected chi connectivity index (χ1v) is 5.53. The van der Waals surface area contributed by atoms with Crippen LogP contribution in [0.2, 0.25) is 0 Å². The van der Waals surface area contributed by atoms with Gasteiger partial charge in [0.1, 0.15) is 6.79 Å². The lowest BCUT2D eigenvalue weighted by atomic mass is 10.1. The Hall–Kier alpha value is -2.37. The maximum absolute atomic E-state index is 8.00. The zero-order valence-electron chi connectivity index (χ0n) is 10.1. The molecule has 2 N–H and O–H groups in total. The van der Waals surface area contributed by atoms with Crippen molar-refractivity contribution in [3.63, 3.8) is 0 Å². The number of nitrogens with two attached hydrogens (primary N) is 1. The summed E-state index contributed by atoms with van der Waals surface area (Å²) in [6, 6.07) is 18.0. The van der Waals surface area contributed by atoms with Gasteiger partial charge in [0.05, 0.1) is 0 Å². The van der Waals surface area contributed by atoms with Crippen molar-refractivity contribution in [2.24, 2.45) is 5.73 Å². The molecule has 0 aliphatic carbocycles. The predicted molar refractivity (Wildman–Crippen MR) is 73.9 cm³/mol. The summed E-state index contributed by atoms with van der Waals surface area (Å²) in [5, 5.41) is 0. The fraction of sp³-hybridized carbons (Fsp3) is 0.0625. The van der Waals surface area contributed by atoms with E-state index in [0.717, 1.165) is 16.7 Å². The van der Waals surface area contributed by atoms with Gasteiger partial charge in [0.15, 0.2) is 0 Å². The summed E-state index contributed by atoms with van der Waals surface area (Å²) >= 11 is 0. The van der Waals surface area contributed by atoms with E-state index in [1.807, 2.05) is 61.4 Å². The quantitative estimate of drug-likeness (QED) is 0.774. The number of hydrogen-bond acceptors (Lipinski definition) is 2. The molecule has 90 valence electrons. The van der Waals surface area contributed by atoms with Gasteiger partial charge in [-0.15, -0.1) is 0 Å². The van der Waals surface area contributed by atoms with E-state index in [4.69, 9.17) is 10.5 Å². The van der Waals surface area contributed by atoms with Crippen molar-refractivity contribution in [2.75, 3.05) is 0 Å². The normalized spacial score (nSPS) is 8.50. The number of rotatable bonds is 1. The van der Waals surface area contributed by atoms with Crippen LogP contribution >= 0.6 is 0 Å². The van der Waals surface area contributed by atoms with Crippen molar-refractivity contribution in [3.05, 3.63) is 71.3 Å². The van der Waals surface area contributed by atoms with Crippen molar-refractivity contribution >= 4 is 6.79 Å². The van der Waals surface area contributed by atoms with Crippen LogP contribution < -0.4 is 5.73 Å². The first kappa shape index (κ1) is 13.7. The zero-order valence-corrected chi connectivity index (χ0v) is 10.1. The molecule has 0 radical (unpaired) electrons. The molecule has 18 heavy (non-hydrogen) atoms. The highest BCUT2D eigenvalue weighted by Crippen LogP contribution is 2.03. The lowest BCUT2D eigenvalue weighted by Gasteiger charge is -1.95. The fourth-order valence-corrected chi connectivity index (χ4v) is 1.39. The number of carbonyl (C=O) groups excluding carboxylic acids is 1. The molecule has 2 nitrogen and oxygen atoms in total. The highest BCUT2D eigenvalue weighted by Gasteiger charge is 1.89. The molecular weight excluding hydrogens is 222 g/mol. The van der Waals surface area contributed by atoms with Gasteiger partial charge in [-0.3, -0.25) is 0 Å². The molecule has 0 heterocycles. The molecular formula is C16H15NO. The smallest absolute Gasteiger partial charge is 0.106 e. The molecule has 0 aliphatic heterocycles. The minimum absolute atomic E-state index is 0.576. The van der Waals surface area contributed by atoms with Crippen molar-refractivity contribution in [1.29, 1.82) is 0 Å². The maximum atomic E-state index is 8.00. The van der Waals surface area contributed by atoms with E-state index in [1.165, 1.54) is 0 Å². The summed E-state index contributed by atoms with van der Waals surface area (Å²) in [6.07, 6.45) is 0. The number of carbonyl (C=O) groups is 1. The molecule has 2 heteroatoms. The van der Waals surface area contributed by atoms with Crippen molar-refractivity contribution in [2.45, 2.75) is 6.54 Å². The summed E-state index contributed by atoms with van der Waals surface area (Å²) in [6.45, 7) is 2.58. The molecule has 0 bridgehead atoms. The Labute approximate surface area is 107 Å². The Morgan fingerprint density at radius 3 is 1.83 bits per heavy atom. The van der Waals surface area contributed by atoms with Crippen LogP contribution in [0.5, 0.6) is 0 Å². The average molecular weight is 237 g/mol. The Kier molecular flexibility index (Phi) is 5.96. The first-order valence-electron chi connectivity index (χ1n) is 5.53. The third-order valence-corrected chi connectivity index (χ3v) is 2.31. The SMILES string of the molecule is C=O.NCc1ccc(C#Cc2ccccc2)cc1. The molecule has 0 atom stereocenters. The topological polar surface area (TPSA) is 43.1 Å². The van der Waals surface area contributed by atoms with E-state index in [0.29, 0.717) is 6.54 Å². The van der Waals surface area contributed by atoms with Crippen LogP contribution in [0.3, 0.4) is 0 Å². The van der Waals surface area contributed by atoms with Crippen LogP contribution in [-0.4, -0.2) is 6.79 Å². The Morgan fingerprint density at radius 2 is 1.33 bits per heavy atom. The summed E-state index contributed by atoms with van der Waals surface area (Å²) in [7, 11) is 0. The second kappa shape index (κ2) is 7.83. The molecule has 0 unspecified atom stereocenters. The standard InChI is InChI=1S/C15H13N.CH2O/c16-12-15-10-8-14(9-11-15)7-6-13-4-2-1-3-5-13;1-2/h1-5,8-11H,12,16H2;1H2. The molecule has 2 aromatic rings. The van der Waals surface area contributed by atoms with Crippen molar-refractivity contribution < 1.29 is 4.79 Å². The van der Waals surface area contributed by atoms with Gasteiger partial charge in [-0.2, -0.15) is 0 Å². The summed E-state index contributed by atoms with van der Waals surface area (Å²) in [4.78, 5) is 8.00. The average Bonchev–Trinajstić information content (AvgIpc) is 2.49. The van der Waals surface area contributed by atoms with Crippen molar-refractivity contribution in [1.82, 2.24) is 0 Å². The van der Waals surface area contributed by atoms with E-state index in [2.05, 4.69) is 11.8 Å². The Bertz CT molecular complexity index is 521. The number of benzene rings is 2.